The topological polar surface area (TPSA) is 62.7 Å². The van der Waals surface area contributed by atoms with Gasteiger partial charge in [-0.3, -0.25) is 4.79 Å². The molecule has 0 saturated heterocycles. The number of rotatable bonds is 8. The summed E-state index contributed by atoms with van der Waals surface area (Å²) in [5.74, 6) is 2.15. The van der Waals surface area contributed by atoms with Gasteiger partial charge in [0.15, 0.2) is 0 Å². The van der Waals surface area contributed by atoms with E-state index < -0.39 is 0 Å². The summed E-state index contributed by atoms with van der Waals surface area (Å²) in [6.45, 7) is 2.86. The van der Waals surface area contributed by atoms with E-state index in [4.69, 9.17) is 9.72 Å². The first-order chi connectivity index (χ1) is 21.0. The van der Waals surface area contributed by atoms with Crippen molar-refractivity contribution in [2.75, 3.05) is 18.6 Å². The van der Waals surface area contributed by atoms with Crippen LogP contribution in [0.4, 0.5) is 5.69 Å². The molecule has 1 heterocycles. The molecule has 2 aliphatic rings. The molecule has 0 radical (unpaired) electrons. The van der Waals surface area contributed by atoms with Crippen LogP contribution >= 0.6 is 11.3 Å². The van der Waals surface area contributed by atoms with E-state index in [9.17, 15) is 9.90 Å². The van der Waals surface area contributed by atoms with Crippen molar-refractivity contribution in [2.45, 2.75) is 70.3 Å². The molecule has 0 unspecified atom stereocenters. The number of aliphatic hydroxyl groups is 1. The van der Waals surface area contributed by atoms with E-state index in [-0.39, 0.29) is 17.9 Å². The molecule has 0 atom stereocenters. The summed E-state index contributed by atoms with van der Waals surface area (Å²) in [5, 5.41) is 11.1. The van der Waals surface area contributed by atoms with Crippen LogP contribution in [0, 0.1) is 18.8 Å². The molecular formula is C37H42N2O3S. The molecule has 1 amide bonds. The summed E-state index contributed by atoms with van der Waals surface area (Å²) in [4.78, 5) is 22.0. The third kappa shape index (κ3) is 6.86. The molecule has 0 bridgehead atoms. The fourth-order valence-electron chi connectivity index (χ4n) is 6.91. The summed E-state index contributed by atoms with van der Waals surface area (Å²) in [7, 11) is 1.73. The summed E-state index contributed by atoms with van der Waals surface area (Å²) in [6.07, 6.45) is 9.10. The Labute approximate surface area is 259 Å². The number of benzene rings is 3. The number of amides is 1. The van der Waals surface area contributed by atoms with Gasteiger partial charge in [0.05, 0.1) is 18.1 Å². The molecule has 1 N–H and O–H groups in total. The number of methoxy groups -OCH3 is 1. The summed E-state index contributed by atoms with van der Waals surface area (Å²) >= 11 is 1.68. The van der Waals surface area contributed by atoms with Crippen molar-refractivity contribution in [2.24, 2.45) is 11.8 Å². The van der Waals surface area contributed by atoms with Gasteiger partial charge < -0.3 is 14.7 Å². The highest BCUT2D eigenvalue weighted by molar-refractivity contribution is 7.18. The molecule has 2 saturated carbocycles. The van der Waals surface area contributed by atoms with Crippen LogP contribution in [-0.4, -0.2) is 35.8 Å². The zero-order valence-electron chi connectivity index (χ0n) is 25.2. The number of ether oxygens (including phenoxy) is 1. The van der Waals surface area contributed by atoms with Crippen LogP contribution in [0.5, 0.6) is 5.75 Å². The molecule has 3 aromatic carbocycles. The third-order valence-corrected chi connectivity index (χ3v) is 10.6. The lowest BCUT2D eigenvalue weighted by atomic mass is 9.78. The predicted octanol–water partition coefficient (Wildman–Crippen LogP) is 8.65. The van der Waals surface area contributed by atoms with Crippen molar-refractivity contribution in [3.63, 3.8) is 0 Å². The monoisotopic (exact) mass is 594 g/mol. The molecule has 1 aromatic heterocycles. The third-order valence-electron chi connectivity index (χ3n) is 9.46. The van der Waals surface area contributed by atoms with E-state index in [1.165, 1.54) is 11.1 Å². The Morgan fingerprint density at radius 3 is 2.37 bits per heavy atom. The highest BCUT2D eigenvalue weighted by Gasteiger charge is 2.32. The van der Waals surface area contributed by atoms with Crippen LogP contribution in [-0.2, 0) is 4.79 Å². The SMILES string of the molecule is COc1ccc(C2CCC(CN(C(=O)C3CCC(O)CC3)c3cccc(-c4cnc(-c5ccccc5)s4)c3)CC2)cc1C. The van der Waals surface area contributed by atoms with Gasteiger partial charge in [0.2, 0.25) is 5.91 Å². The number of carbonyl (C=O) groups excluding carboxylic acids is 1. The fraction of sp³-hybridized carbons (Fsp3) is 0.405. The second-order valence-electron chi connectivity index (χ2n) is 12.3. The van der Waals surface area contributed by atoms with Crippen LogP contribution in [0.25, 0.3) is 21.0 Å². The van der Waals surface area contributed by atoms with E-state index in [0.717, 1.165) is 77.5 Å². The Morgan fingerprint density at radius 1 is 0.907 bits per heavy atom. The maximum absolute atomic E-state index is 14.1. The molecule has 224 valence electrons. The van der Waals surface area contributed by atoms with Crippen LogP contribution in [0.1, 0.15) is 68.4 Å². The highest BCUT2D eigenvalue weighted by atomic mass is 32.1. The van der Waals surface area contributed by atoms with E-state index in [1.807, 2.05) is 24.4 Å². The van der Waals surface area contributed by atoms with E-state index in [2.05, 4.69) is 66.4 Å². The summed E-state index contributed by atoms with van der Waals surface area (Å²) < 4.78 is 5.47. The van der Waals surface area contributed by atoms with Crippen LogP contribution < -0.4 is 9.64 Å². The Morgan fingerprint density at radius 2 is 1.65 bits per heavy atom. The standard InChI is InChI=1S/C37H42N2O3S/c1-25-21-30(17-20-34(25)42-2)27-13-11-26(12-14-27)24-39(37(41)29-15-18-33(40)19-16-29)32-10-6-9-31(22-32)35-23-38-36(43-35)28-7-4-3-5-8-28/h3-10,17,20-23,26-27,29,33,40H,11-16,18-19,24H2,1-2H3. The van der Waals surface area contributed by atoms with Gasteiger partial charge in [0, 0.05) is 29.9 Å². The molecule has 4 aromatic rings. The Hall–Kier alpha value is -3.48. The summed E-state index contributed by atoms with van der Waals surface area (Å²) in [5.41, 5.74) is 5.76. The van der Waals surface area contributed by atoms with Crippen LogP contribution in [0.3, 0.4) is 0 Å². The molecule has 2 aliphatic carbocycles. The van der Waals surface area contributed by atoms with Gasteiger partial charge in [-0.05, 0) is 105 Å². The largest absolute Gasteiger partial charge is 0.496 e. The second kappa shape index (κ2) is 13.4. The van der Waals surface area contributed by atoms with Crippen molar-refractivity contribution in [1.82, 2.24) is 4.98 Å². The van der Waals surface area contributed by atoms with Crippen molar-refractivity contribution < 1.29 is 14.6 Å². The Bertz CT molecular complexity index is 1520. The number of anilines is 1. The Balaban J connectivity index is 1.21. The summed E-state index contributed by atoms with van der Waals surface area (Å²) in [6, 6.07) is 25.3. The first-order valence-corrected chi connectivity index (χ1v) is 16.6. The minimum absolute atomic E-state index is 0.0289. The highest BCUT2D eigenvalue weighted by Crippen LogP contribution is 2.39. The average Bonchev–Trinajstić information content (AvgIpc) is 3.55. The van der Waals surface area contributed by atoms with Crippen molar-refractivity contribution in [3.05, 3.63) is 90.1 Å². The zero-order chi connectivity index (χ0) is 29.8. The van der Waals surface area contributed by atoms with Crippen molar-refractivity contribution >= 4 is 22.9 Å². The first-order valence-electron chi connectivity index (χ1n) is 15.7. The molecule has 5 nitrogen and oxygen atoms in total. The lowest BCUT2D eigenvalue weighted by Gasteiger charge is -2.36. The molecule has 6 heteroatoms. The van der Waals surface area contributed by atoms with Gasteiger partial charge in [0.25, 0.3) is 0 Å². The quantitative estimate of drug-likeness (QED) is 0.222. The molecule has 6 rings (SSSR count). The first kappa shape index (κ1) is 29.6. The maximum atomic E-state index is 14.1. The molecule has 2 fully saturated rings. The number of aryl methyl sites for hydroxylation is 1. The Kier molecular flexibility index (Phi) is 9.25. The van der Waals surface area contributed by atoms with E-state index in [0.29, 0.717) is 24.7 Å². The lowest BCUT2D eigenvalue weighted by molar-refractivity contribution is -0.124. The van der Waals surface area contributed by atoms with Crippen LogP contribution in [0.15, 0.2) is 79.0 Å². The van der Waals surface area contributed by atoms with Crippen LogP contribution in [0.2, 0.25) is 0 Å². The van der Waals surface area contributed by atoms with Gasteiger partial charge in [-0.1, -0.05) is 54.6 Å². The van der Waals surface area contributed by atoms with Gasteiger partial charge in [0.1, 0.15) is 10.8 Å². The number of nitrogens with zero attached hydrogens (tertiary/aromatic N) is 2. The molecular weight excluding hydrogens is 552 g/mol. The number of aliphatic hydroxyl groups excluding tert-OH is 1. The van der Waals surface area contributed by atoms with Crippen molar-refractivity contribution in [1.29, 1.82) is 0 Å². The smallest absolute Gasteiger partial charge is 0.230 e. The maximum Gasteiger partial charge on any atom is 0.230 e. The number of hydrogen-bond donors (Lipinski definition) is 1. The minimum Gasteiger partial charge on any atom is -0.496 e. The predicted molar refractivity (Wildman–Crippen MR) is 176 cm³/mol. The number of aromatic nitrogens is 1. The normalized spacial score (nSPS) is 22.2. The fourth-order valence-corrected chi connectivity index (χ4v) is 7.82. The van der Waals surface area contributed by atoms with E-state index in [1.54, 1.807) is 18.4 Å². The number of hydrogen-bond acceptors (Lipinski definition) is 5. The molecule has 0 aliphatic heterocycles. The van der Waals surface area contributed by atoms with Gasteiger partial charge in [-0.2, -0.15) is 0 Å². The molecule has 0 spiro atoms. The van der Waals surface area contributed by atoms with Gasteiger partial charge >= 0.3 is 0 Å². The van der Waals surface area contributed by atoms with Gasteiger partial charge in [-0.25, -0.2) is 4.98 Å². The zero-order valence-corrected chi connectivity index (χ0v) is 26.1. The minimum atomic E-state index is -0.275. The lowest BCUT2D eigenvalue weighted by Crippen LogP contribution is -2.41. The van der Waals surface area contributed by atoms with Gasteiger partial charge in [-0.15, -0.1) is 11.3 Å². The second-order valence-corrected chi connectivity index (χ2v) is 13.4. The average molecular weight is 595 g/mol. The number of thiazole rings is 1. The van der Waals surface area contributed by atoms with E-state index >= 15 is 0 Å². The molecule has 43 heavy (non-hydrogen) atoms. The van der Waals surface area contributed by atoms with Crippen molar-refractivity contribution in [3.8, 4) is 26.8 Å². The number of carbonyl (C=O) groups is 1.